The molecule has 3 amide bonds. The Hall–Kier alpha value is -2.88. The molecule has 1 aliphatic rings. The molecular weight excluding hydrogens is 402 g/mol. The van der Waals surface area contributed by atoms with Crippen LogP contribution in [0.4, 0.5) is 16.2 Å². The maximum Gasteiger partial charge on any atom is 0.323 e. The lowest BCUT2D eigenvalue weighted by Crippen LogP contribution is -2.48. The van der Waals surface area contributed by atoms with E-state index in [2.05, 4.69) is 21.3 Å². The van der Waals surface area contributed by atoms with Gasteiger partial charge in [-0.05, 0) is 18.2 Å². The van der Waals surface area contributed by atoms with E-state index in [-0.39, 0.29) is 17.6 Å². The van der Waals surface area contributed by atoms with Crippen LogP contribution in [-0.4, -0.2) is 37.4 Å². The number of halogens is 1. The summed E-state index contributed by atoms with van der Waals surface area (Å²) in [5, 5.41) is 20.6. The first-order chi connectivity index (χ1) is 13.5. The third-order valence-corrected chi connectivity index (χ3v) is 4.98. The number of carbonyl (C=O) groups excluding carboxylic acids is 2. The van der Waals surface area contributed by atoms with Crippen molar-refractivity contribution < 1.29 is 14.3 Å². The Kier molecular flexibility index (Phi) is 6.64. The highest BCUT2D eigenvalue weighted by molar-refractivity contribution is 7.12. The fourth-order valence-electron chi connectivity index (χ4n) is 2.23. The van der Waals surface area contributed by atoms with Gasteiger partial charge in [0.25, 0.3) is 5.91 Å². The Balaban J connectivity index is 1.54. The van der Waals surface area contributed by atoms with Crippen LogP contribution in [0.3, 0.4) is 0 Å². The number of allylic oxidation sites excluding steroid dienone is 1. The SMILES string of the molecule is N=C/C(=C\Nc1csc(C(=O)NC2COC2)c1)NC(=O)Nc1ccccc1Cl. The zero-order valence-electron chi connectivity index (χ0n) is 14.6. The number of benzene rings is 1. The third-order valence-electron chi connectivity index (χ3n) is 3.73. The van der Waals surface area contributed by atoms with Crippen molar-refractivity contribution in [3.05, 3.63) is 57.5 Å². The largest absolute Gasteiger partial charge is 0.377 e. The fourth-order valence-corrected chi connectivity index (χ4v) is 3.16. The molecule has 2 heterocycles. The number of amides is 3. The first-order valence-electron chi connectivity index (χ1n) is 8.32. The van der Waals surface area contributed by atoms with Crippen LogP contribution >= 0.6 is 22.9 Å². The van der Waals surface area contributed by atoms with Crippen molar-refractivity contribution in [2.75, 3.05) is 23.8 Å². The Morgan fingerprint density at radius 3 is 2.75 bits per heavy atom. The van der Waals surface area contributed by atoms with Crippen molar-refractivity contribution in [1.29, 1.82) is 5.41 Å². The van der Waals surface area contributed by atoms with E-state index in [0.717, 1.165) is 6.21 Å². The van der Waals surface area contributed by atoms with Crippen LogP contribution in [0.25, 0.3) is 0 Å². The molecule has 1 fully saturated rings. The van der Waals surface area contributed by atoms with Crippen molar-refractivity contribution in [3.63, 3.8) is 0 Å². The van der Waals surface area contributed by atoms with Crippen LogP contribution in [0.1, 0.15) is 9.67 Å². The maximum absolute atomic E-state index is 12.1. The van der Waals surface area contributed by atoms with Crippen molar-refractivity contribution in [2.45, 2.75) is 6.04 Å². The fraction of sp³-hybridized carbons (Fsp3) is 0.167. The van der Waals surface area contributed by atoms with E-state index in [1.54, 1.807) is 35.7 Å². The summed E-state index contributed by atoms with van der Waals surface area (Å²) in [6, 6.07) is 8.07. The second kappa shape index (κ2) is 9.36. The van der Waals surface area contributed by atoms with Crippen molar-refractivity contribution >= 4 is 52.5 Å². The Morgan fingerprint density at radius 2 is 2.07 bits per heavy atom. The van der Waals surface area contributed by atoms with Crippen LogP contribution in [-0.2, 0) is 4.74 Å². The number of urea groups is 1. The Morgan fingerprint density at radius 1 is 1.29 bits per heavy atom. The summed E-state index contributed by atoms with van der Waals surface area (Å²) in [4.78, 5) is 24.7. The first-order valence-corrected chi connectivity index (χ1v) is 9.58. The van der Waals surface area contributed by atoms with Crippen LogP contribution < -0.4 is 21.3 Å². The third kappa shape index (κ3) is 5.32. The number of para-hydroxylation sites is 1. The van der Waals surface area contributed by atoms with Crippen LogP contribution in [0.5, 0.6) is 0 Å². The van der Waals surface area contributed by atoms with Crippen LogP contribution in [0.2, 0.25) is 5.02 Å². The molecule has 0 aliphatic carbocycles. The lowest BCUT2D eigenvalue weighted by Gasteiger charge is -2.26. The molecule has 3 rings (SSSR count). The summed E-state index contributed by atoms with van der Waals surface area (Å²) >= 11 is 7.29. The minimum atomic E-state index is -0.530. The molecule has 1 aromatic carbocycles. The van der Waals surface area contributed by atoms with E-state index in [1.165, 1.54) is 17.5 Å². The molecule has 8 nitrogen and oxygen atoms in total. The monoisotopic (exact) mass is 419 g/mol. The lowest BCUT2D eigenvalue weighted by atomic mass is 10.2. The minimum absolute atomic E-state index is 0.0660. The highest BCUT2D eigenvalue weighted by Crippen LogP contribution is 2.21. The number of rotatable bonds is 7. The van der Waals surface area contributed by atoms with Crippen LogP contribution in [0, 0.1) is 5.41 Å². The molecule has 5 N–H and O–H groups in total. The van der Waals surface area contributed by atoms with E-state index in [1.807, 2.05) is 0 Å². The molecule has 0 spiro atoms. The summed E-state index contributed by atoms with van der Waals surface area (Å²) in [6.45, 7) is 1.07. The smallest absolute Gasteiger partial charge is 0.323 e. The standard InChI is InChI=1S/C18H18ClN5O3S/c19-14-3-1-2-4-15(14)24-18(26)23-12(6-20)7-21-11-5-16(28-10-11)17(25)22-13-8-27-9-13/h1-7,10,13,20-21H,8-9H2,(H,22,25)(H2,23,24,26)/b12-7+,20-6?. The van der Waals surface area contributed by atoms with E-state index in [0.29, 0.717) is 34.5 Å². The highest BCUT2D eigenvalue weighted by atomic mass is 35.5. The summed E-state index contributed by atoms with van der Waals surface area (Å²) in [5.74, 6) is -0.153. The number of ether oxygens (including phenoxy) is 1. The number of carbonyl (C=O) groups is 2. The van der Waals surface area contributed by atoms with Gasteiger partial charge in [0.15, 0.2) is 0 Å². The molecule has 1 aromatic heterocycles. The average molecular weight is 420 g/mol. The summed E-state index contributed by atoms with van der Waals surface area (Å²) < 4.78 is 5.03. The van der Waals surface area contributed by atoms with Crippen LogP contribution in [0.15, 0.2) is 47.6 Å². The second-order valence-corrected chi connectivity index (χ2v) is 7.17. The zero-order chi connectivity index (χ0) is 19.9. The van der Waals surface area contributed by atoms with Gasteiger partial charge in [0.1, 0.15) is 0 Å². The molecule has 0 atom stereocenters. The molecule has 1 aliphatic heterocycles. The predicted octanol–water partition coefficient (Wildman–Crippen LogP) is 3.25. The Bertz CT molecular complexity index is 910. The van der Waals surface area contributed by atoms with Crippen molar-refractivity contribution in [1.82, 2.24) is 10.6 Å². The quantitative estimate of drug-likeness (QED) is 0.443. The second-order valence-electron chi connectivity index (χ2n) is 5.85. The van der Waals surface area contributed by atoms with E-state index in [4.69, 9.17) is 21.7 Å². The zero-order valence-corrected chi connectivity index (χ0v) is 16.2. The lowest BCUT2D eigenvalue weighted by molar-refractivity contribution is -0.00338. The number of thiophene rings is 1. The topological polar surface area (TPSA) is 115 Å². The van der Waals surface area contributed by atoms with Gasteiger partial charge < -0.3 is 31.4 Å². The molecule has 0 radical (unpaired) electrons. The average Bonchev–Trinajstić information content (AvgIpc) is 3.12. The van der Waals surface area contributed by atoms with Gasteiger partial charge in [-0.2, -0.15) is 0 Å². The minimum Gasteiger partial charge on any atom is -0.377 e. The van der Waals surface area contributed by atoms with Gasteiger partial charge in [-0.15, -0.1) is 11.3 Å². The Labute approximate surface area is 170 Å². The molecule has 0 saturated carbocycles. The molecule has 146 valence electrons. The number of nitrogens with one attached hydrogen (secondary N) is 5. The summed E-state index contributed by atoms with van der Waals surface area (Å²) in [5.41, 5.74) is 1.37. The van der Waals surface area contributed by atoms with E-state index in [9.17, 15) is 9.59 Å². The van der Waals surface area contributed by atoms with E-state index < -0.39 is 6.03 Å². The van der Waals surface area contributed by atoms with Gasteiger partial charge in [0.2, 0.25) is 0 Å². The van der Waals surface area contributed by atoms with Gasteiger partial charge >= 0.3 is 6.03 Å². The molecule has 0 unspecified atom stereocenters. The van der Waals surface area contributed by atoms with Gasteiger partial charge in [0, 0.05) is 23.5 Å². The summed E-state index contributed by atoms with van der Waals surface area (Å²) in [7, 11) is 0. The first kappa shape index (κ1) is 19.9. The maximum atomic E-state index is 12.1. The van der Waals surface area contributed by atoms with Crippen molar-refractivity contribution in [3.8, 4) is 0 Å². The number of hydrogen-bond acceptors (Lipinski definition) is 6. The molecule has 2 aromatic rings. The van der Waals surface area contributed by atoms with E-state index >= 15 is 0 Å². The van der Waals surface area contributed by atoms with Gasteiger partial charge in [-0.25, -0.2) is 4.79 Å². The van der Waals surface area contributed by atoms with Crippen molar-refractivity contribution in [2.24, 2.45) is 0 Å². The summed E-state index contributed by atoms with van der Waals surface area (Å²) in [6.07, 6.45) is 2.46. The van der Waals surface area contributed by atoms with Gasteiger partial charge in [-0.3, -0.25) is 4.79 Å². The number of hydrogen-bond donors (Lipinski definition) is 5. The van der Waals surface area contributed by atoms with Gasteiger partial charge in [0.05, 0.1) is 40.5 Å². The predicted molar refractivity (Wildman–Crippen MR) is 110 cm³/mol. The molecule has 0 bridgehead atoms. The van der Waals surface area contributed by atoms with Gasteiger partial charge in [-0.1, -0.05) is 23.7 Å². The molecule has 1 saturated heterocycles. The highest BCUT2D eigenvalue weighted by Gasteiger charge is 2.21. The normalized spacial score (nSPS) is 14.0. The molecule has 10 heteroatoms. The molecular formula is C18H18ClN5O3S. The number of anilines is 2. The molecule has 28 heavy (non-hydrogen) atoms.